The molecule has 1 aliphatic carbocycles. The molecule has 1 aliphatic heterocycles. The molecule has 8 heteroatoms. The van der Waals surface area contributed by atoms with E-state index >= 15 is 0 Å². The molecule has 2 heterocycles. The summed E-state index contributed by atoms with van der Waals surface area (Å²) in [5, 5.41) is 6.21. The number of likely N-dealkylation sites (N-methyl/N-ethyl adjacent to an activating group) is 1. The molecule has 1 saturated carbocycles. The van der Waals surface area contributed by atoms with Gasteiger partial charge in [-0.05, 0) is 39.8 Å². The van der Waals surface area contributed by atoms with Crippen molar-refractivity contribution < 1.29 is 9.59 Å². The molecule has 1 aromatic rings. The molecule has 1 atom stereocenters. The molecule has 0 bridgehead atoms. The maximum Gasteiger partial charge on any atom is 0.315 e. The number of hydrogen-bond donors (Lipinski definition) is 2. The third kappa shape index (κ3) is 5.04. The Morgan fingerprint density at radius 3 is 2.21 bits per heavy atom. The first-order valence-corrected chi connectivity index (χ1v) is 10.4. The molecule has 2 N–H and O–H groups in total. The van der Waals surface area contributed by atoms with E-state index in [1.165, 1.54) is 19.3 Å². The highest BCUT2D eigenvalue weighted by atomic mass is 16.2. The van der Waals surface area contributed by atoms with Crippen LogP contribution in [-0.2, 0) is 11.8 Å². The number of aromatic nitrogens is 2. The second kappa shape index (κ2) is 9.41. The highest BCUT2D eigenvalue weighted by molar-refractivity contribution is 5.83. The Morgan fingerprint density at radius 1 is 1.07 bits per heavy atom. The fraction of sp³-hybridized carbons (Fsp3) is 0.750. The summed E-state index contributed by atoms with van der Waals surface area (Å²) in [6, 6.07) is 0.0432. The molecule has 0 aromatic carbocycles. The third-order valence-electron chi connectivity index (χ3n) is 5.97. The predicted molar refractivity (Wildman–Crippen MR) is 108 cm³/mol. The quantitative estimate of drug-likeness (QED) is 0.801. The molecule has 2 fully saturated rings. The Hall–Kier alpha value is -2.09. The fourth-order valence-corrected chi connectivity index (χ4v) is 4.32. The van der Waals surface area contributed by atoms with Crippen LogP contribution < -0.4 is 10.6 Å². The zero-order chi connectivity index (χ0) is 20.1. The van der Waals surface area contributed by atoms with Gasteiger partial charge in [0.05, 0.1) is 18.2 Å². The first kappa shape index (κ1) is 20.6. The van der Waals surface area contributed by atoms with E-state index in [1.54, 1.807) is 12.5 Å². The monoisotopic (exact) mass is 390 g/mol. The highest BCUT2D eigenvalue weighted by Gasteiger charge is 2.32. The number of hydrogen-bond acceptors (Lipinski definition) is 4. The van der Waals surface area contributed by atoms with Crippen molar-refractivity contribution in [3.63, 3.8) is 0 Å². The Labute approximate surface area is 167 Å². The summed E-state index contributed by atoms with van der Waals surface area (Å²) in [5.41, 5.74) is 0.891. The summed E-state index contributed by atoms with van der Waals surface area (Å²) < 4.78 is 1.90. The van der Waals surface area contributed by atoms with Gasteiger partial charge in [-0.25, -0.2) is 9.78 Å². The number of aryl methyl sites for hydroxylation is 1. The zero-order valence-electron chi connectivity index (χ0n) is 17.4. The van der Waals surface area contributed by atoms with Crippen LogP contribution in [0, 0.1) is 0 Å². The van der Waals surface area contributed by atoms with E-state index in [-0.39, 0.29) is 24.0 Å². The lowest BCUT2D eigenvalue weighted by Gasteiger charge is -2.36. The second-order valence-corrected chi connectivity index (χ2v) is 8.35. The lowest BCUT2D eigenvalue weighted by atomic mass is 9.96. The number of carbonyl (C=O) groups is 2. The third-order valence-corrected chi connectivity index (χ3v) is 5.97. The molecule has 3 amide bonds. The van der Waals surface area contributed by atoms with Crippen molar-refractivity contribution in [2.75, 3.05) is 27.2 Å². The van der Waals surface area contributed by atoms with Crippen LogP contribution in [0.4, 0.5) is 4.79 Å². The van der Waals surface area contributed by atoms with E-state index in [1.807, 2.05) is 35.5 Å². The van der Waals surface area contributed by atoms with Crippen molar-refractivity contribution in [1.82, 2.24) is 30.0 Å². The minimum atomic E-state index is -0.341. The van der Waals surface area contributed by atoms with E-state index in [0.29, 0.717) is 19.1 Å². The summed E-state index contributed by atoms with van der Waals surface area (Å²) in [5.74, 6) is 0.0960. The van der Waals surface area contributed by atoms with Crippen LogP contribution in [0.3, 0.4) is 0 Å². The topological polar surface area (TPSA) is 82.5 Å². The smallest absolute Gasteiger partial charge is 0.315 e. The summed E-state index contributed by atoms with van der Waals surface area (Å²) in [7, 11) is 5.74. The van der Waals surface area contributed by atoms with Crippen LogP contribution in [0.25, 0.3) is 0 Å². The molecule has 8 nitrogen and oxygen atoms in total. The molecule has 1 saturated heterocycles. The minimum absolute atomic E-state index is 0.0577. The number of piperidine rings is 1. The fourth-order valence-electron chi connectivity index (χ4n) is 4.32. The van der Waals surface area contributed by atoms with Crippen molar-refractivity contribution in [1.29, 1.82) is 0 Å². The molecule has 0 spiro atoms. The maximum atomic E-state index is 13.1. The van der Waals surface area contributed by atoms with Gasteiger partial charge >= 0.3 is 6.03 Å². The average molecular weight is 391 g/mol. The van der Waals surface area contributed by atoms with Crippen molar-refractivity contribution in [2.45, 2.75) is 63.1 Å². The van der Waals surface area contributed by atoms with Crippen molar-refractivity contribution >= 4 is 11.9 Å². The number of nitrogens with zero attached hydrogens (tertiary/aromatic N) is 4. The Morgan fingerprint density at radius 2 is 1.68 bits per heavy atom. The van der Waals surface area contributed by atoms with Crippen LogP contribution in [0.5, 0.6) is 0 Å². The second-order valence-electron chi connectivity index (χ2n) is 8.35. The normalized spacial score (nSPS) is 20.2. The van der Waals surface area contributed by atoms with Gasteiger partial charge in [0.25, 0.3) is 0 Å². The van der Waals surface area contributed by atoms with Gasteiger partial charge in [0.2, 0.25) is 5.91 Å². The summed E-state index contributed by atoms with van der Waals surface area (Å²) in [6.07, 6.45) is 10.9. The summed E-state index contributed by atoms with van der Waals surface area (Å²) in [6.45, 7) is 1.32. The molecule has 156 valence electrons. The maximum absolute atomic E-state index is 13.1. The van der Waals surface area contributed by atoms with Crippen molar-refractivity contribution in [2.24, 2.45) is 7.05 Å². The molecule has 1 unspecified atom stereocenters. The van der Waals surface area contributed by atoms with Gasteiger partial charge in [0.15, 0.2) is 0 Å². The number of amides is 3. The van der Waals surface area contributed by atoms with Gasteiger partial charge in [0.1, 0.15) is 6.04 Å². The number of rotatable bonds is 5. The number of likely N-dealkylation sites (tertiary alicyclic amines) is 1. The van der Waals surface area contributed by atoms with E-state index in [4.69, 9.17) is 0 Å². The highest BCUT2D eigenvalue weighted by Crippen LogP contribution is 2.23. The SMILES string of the molecule is CN(C)C(C(=O)N1CCC(NC(=O)NC2CCCCC2)CC1)c1cncn1C. The van der Waals surface area contributed by atoms with Gasteiger partial charge in [-0.3, -0.25) is 9.69 Å². The number of carbonyl (C=O) groups excluding carboxylic acids is 2. The lowest BCUT2D eigenvalue weighted by molar-refractivity contribution is -0.137. The Balaban J connectivity index is 1.49. The zero-order valence-corrected chi connectivity index (χ0v) is 17.4. The van der Waals surface area contributed by atoms with Gasteiger partial charge in [-0.15, -0.1) is 0 Å². The van der Waals surface area contributed by atoms with Crippen LogP contribution in [-0.4, -0.2) is 70.6 Å². The van der Waals surface area contributed by atoms with Crippen LogP contribution in [0.1, 0.15) is 56.7 Å². The largest absolute Gasteiger partial charge is 0.341 e. The van der Waals surface area contributed by atoms with Crippen molar-refractivity contribution in [3.05, 3.63) is 18.2 Å². The number of urea groups is 1. The van der Waals surface area contributed by atoms with E-state index in [0.717, 1.165) is 31.4 Å². The molecule has 28 heavy (non-hydrogen) atoms. The summed E-state index contributed by atoms with van der Waals surface area (Å²) in [4.78, 5) is 33.4. The van der Waals surface area contributed by atoms with Crippen molar-refractivity contribution in [3.8, 4) is 0 Å². The van der Waals surface area contributed by atoms with E-state index in [2.05, 4.69) is 15.6 Å². The van der Waals surface area contributed by atoms with Crippen LogP contribution >= 0.6 is 0 Å². The molecular formula is C20H34N6O2. The minimum Gasteiger partial charge on any atom is -0.341 e. The van der Waals surface area contributed by atoms with Crippen LogP contribution in [0.2, 0.25) is 0 Å². The van der Waals surface area contributed by atoms with Gasteiger partial charge < -0.3 is 20.1 Å². The standard InChI is InChI=1S/C20H34N6O2/c1-24(2)18(17-13-21-14-25(17)3)19(27)26-11-9-16(10-12-26)23-20(28)22-15-7-5-4-6-8-15/h13-16,18H,4-12H2,1-3H3,(H2,22,23,28). The van der Waals surface area contributed by atoms with Gasteiger partial charge in [-0.2, -0.15) is 0 Å². The molecule has 0 radical (unpaired) electrons. The summed E-state index contributed by atoms with van der Waals surface area (Å²) >= 11 is 0. The molecule has 1 aromatic heterocycles. The first-order chi connectivity index (χ1) is 13.5. The number of imidazole rings is 1. The van der Waals surface area contributed by atoms with Gasteiger partial charge in [0, 0.05) is 32.2 Å². The van der Waals surface area contributed by atoms with Gasteiger partial charge in [-0.1, -0.05) is 19.3 Å². The lowest BCUT2D eigenvalue weighted by Crippen LogP contribution is -2.52. The Kier molecular flexibility index (Phi) is 6.93. The first-order valence-electron chi connectivity index (χ1n) is 10.4. The van der Waals surface area contributed by atoms with Crippen LogP contribution in [0.15, 0.2) is 12.5 Å². The predicted octanol–water partition coefficient (Wildman–Crippen LogP) is 1.65. The Bertz CT molecular complexity index is 659. The molecule has 2 aliphatic rings. The van der Waals surface area contributed by atoms with E-state index < -0.39 is 0 Å². The number of nitrogens with one attached hydrogen (secondary N) is 2. The van der Waals surface area contributed by atoms with E-state index in [9.17, 15) is 9.59 Å². The molecule has 3 rings (SSSR count). The average Bonchev–Trinajstić information content (AvgIpc) is 3.08. The molecular weight excluding hydrogens is 356 g/mol.